The number of carboxylic acids is 1. The molecule has 0 amide bonds. The van der Waals surface area contributed by atoms with Crippen LogP contribution in [0.2, 0.25) is 0 Å². The Morgan fingerprint density at radius 1 is 0.870 bits per heavy atom. The molecule has 2 heteroatoms. The lowest BCUT2D eigenvalue weighted by Crippen LogP contribution is -2.00. The van der Waals surface area contributed by atoms with E-state index in [1.165, 1.54) is 51.4 Å². The van der Waals surface area contributed by atoms with Gasteiger partial charge in [0.05, 0.1) is 0 Å². The Hall–Kier alpha value is -1.57. The van der Waals surface area contributed by atoms with Crippen molar-refractivity contribution in [3.8, 4) is 0 Å². The van der Waals surface area contributed by atoms with Crippen LogP contribution < -0.4 is 0 Å². The Morgan fingerprint density at radius 3 is 1.91 bits per heavy atom. The van der Waals surface area contributed by atoms with Crippen LogP contribution in [0.25, 0.3) is 6.08 Å². The second-order valence-corrected chi connectivity index (χ2v) is 6.32. The summed E-state index contributed by atoms with van der Waals surface area (Å²) < 4.78 is 0. The lowest BCUT2D eigenvalue weighted by molar-refractivity contribution is -0.132. The maximum Gasteiger partial charge on any atom is 0.331 e. The molecule has 23 heavy (non-hydrogen) atoms. The van der Waals surface area contributed by atoms with Gasteiger partial charge in [0.1, 0.15) is 0 Å². The maximum atomic E-state index is 11.3. The van der Waals surface area contributed by atoms with E-state index in [-0.39, 0.29) is 0 Å². The first kappa shape index (κ1) is 19.5. The summed E-state index contributed by atoms with van der Waals surface area (Å²) >= 11 is 0. The van der Waals surface area contributed by atoms with Crippen molar-refractivity contribution in [2.75, 3.05) is 0 Å². The fraction of sp³-hybridized carbons (Fsp3) is 0.571. The molecule has 0 aliphatic rings. The third-order valence-electron chi connectivity index (χ3n) is 4.21. The predicted molar refractivity (Wildman–Crippen MR) is 98.5 cm³/mol. The Kier molecular flexibility index (Phi) is 10.9. The Balaban J connectivity index is 2.15. The maximum absolute atomic E-state index is 11.3. The first-order valence-electron chi connectivity index (χ1n) is 9.23. The SMILES string of the molecule is CCCCCCCCCCCCC(=Cc1ccccc1)C(=O)O. The number of rotatable bonds is 13. The van der Waals surface area contributed by atoms with E-state index in [1.54, 1.807) is 6.08 Å². The van der Waals surface area contributed by atoms with E-state index in [0.717, 1.165) is 18.4 Å². The summed E-state index contributed by atoms with van der Waals surface area (Å²) in [4.78, 5) is 11.3. The van der Waals surface area contributed by atoms with Gasteiger partial charge in [0, 0.05) is 5.57 Å². The van der Waals surface area contributed by atoms with Crippen molar-refractivity contribution in [3.63, 3.8) is 0 Å². The molecule has 0 atom stereocenters. The highest BCUT2D eigenvalue weighted by molar-refractivity contribution is 5.92. The van der Waals surface area contributed by atoms with E-state index in [0.29, 0.717) is 12.0 Å². The molecule has 0 bridgehead atoms. The topological polar surface area (TPSA) is 37.3 Å². The number of unbranched alkanes of at least 4 members (excludes halogenated alkanes) is 9. The number of carbonyl (C=O) groups is 1. The van der Waals surface area contributed by atoms with Crippen LogP contribution in [0.4, 0.5) is 0 Å². The monoisotopic (exact) mass is 316 g/mol. The summed E-state index contributed by atoms with van der Waals surface area (Å²) in [6, 6.07) is 9.71. The number of hydrogen-bond donors (Lipinski definition) is 1. The van der Waals surface area contributed by atoms with Gasteiger partial charge in [-0.1, -0.05) is 95.0 Å². The van der Waals surface area contributed by atoms with Crippen LogP contribution >= 0.6 is 0 Å². The van der Waals surface area contributed by atoms with Crippen LogP contribution in [-0.4, -0.2) is 11.1 Å². The third kappa shape index (κ3) is 9.93. The Labute approximate surface area is 141 Å². The van der Waals surface area contributed by atoms with Gasteiger partial charge in [0.2, 0.25) is 0 Å². The fourth-order valence-corrected chi connectivity index (χ4v) is 2.79. The van der Waals surface area contributed by atoms with E-state index in [2.05, 4.69) is 6.92 Å². The Morgan fingerprint density at radius 2 is 1.39 bits per heavy atom. The molecular formula is C21H32O2. The van der Waals surface area contributed by atoms with Crippen LogP contribution in [-0.2, 0) is 4.79 Å². The molecule has 1 aromatic carbocycles. The highest BCUT2D eigenvalue weighted by Gasteiger charge is 2.06. The molecule has 0 heterocycles. The van der Waals surface area contributed by atoms with Crippen LogP contribution in [0.3, 0.4) is 0 Å². The number of carboxylic acid groups (broad SMARTS) is 1. The van der Waals surface area contributed by atoms with Gasteiger partial charge in [-0.05, 0) is 24.5 Å². The van der Waals surface area contributed by atoms with Crippen molar-refractivity contribution < 1.29 is 9.90 Å². The first-order chi connectivity index (χ1) is 11.2. The van der Waals surface area contributed by atoms with E-state index >= 15 is 0 Å². The van der Waals surface area contributed by atoms with Gasteiger partial charge < -0.3 is 5.11 Å². The van der Waals surface area contributed by atoms with Gasteiger partial charge in [0.15, 0.2) is 0 Å². The van der Waals surface area contributed by atoms with Crippen molar-refractivity contribution >= 4 is 12.0 Å². The molecule has 2 nitrogen and oxygen atoms in total. The van der Waals surface area contributed by atoms with Crippen molar-refractivity contribution in [3.05, 3.63) is 41.5 Å². The van der Waals surface area contributed by atoms with E-state index in [1.807, 2.05) is 30.3 Å². The summed E-state index contributed by atoms with van der Waals surface area (Å²) in [5.41, 5.74) is 1.49. The minimum absolute atomic E-state index is 0.524. The quantitative estimate of drug-likeness (QED) is 0.334. The molecule has 0 unspecified atom stereocenters. The standard InChI is InChI=1S/C21H32O2/c1-2-3-4-5-6-7-8-9-10-14-17-20(21(22)23)18-19-15-12-11-13-16-19/h11-13,15-16,18H,2-10,14,17H2,1H3,(H,22,23). The second-order valence-electron chi connectivity index (χ2n) is 6.32. The highest BCUT2D eigenvalue weighted by Crippen LogP contribution is 2.16. The molecule has 0 saturated heterocycles. The van der Waals surface area contributed by atoms with Crippen LogP contribution in [0.1, 0.15) is 83.1 Å². The van der Waals surface area contributed by atoms with Gasteiger partial charge in [-0.15, -0.1) is 0 Å². The number of benzene rings is 1. The minimum Gasteiger partial charge on any atom is -0.478 e. The zero-order chi connectivity index (χ0) is 16.8. The summed E-state index contributed by atoms with van der Waals surface area (Å²) in [7, 11) is 0. The molecule has 0 spiro atoms. The lowest BCUT2D eigenvalue weighted by Gasteiger charge is -2.04. The van der Waals surface area contributed by atoms with Gasteiger partial charge in [-0.2, -0.15) is 0 Å². The van der Waals surface area contributed by atoms with Gasteiger partial charge in [-0.25, -0.2) is 4.79 Å². The molecule has 128 valence electrons. The average molecular weight is 316 g/mol. The molecule has 0 fully saturated rings. The third-order valence-corrected chi connectivity index (χ3v) is 4.21. The fourth-order valence-electron chi connectivity index (χ4n) is 2.79. The molecule has 1 aromatic rings. The van der Waals surface area contributed by atoms with Crippen molar-refractivity contribution in [1.82, 2.24) is 0 Å². The molecule has 0 radical (unpaired) electrons. The highest BCUT2D eigenvalue weighted by atomic mass is 16.4. The van der Waals surface area contributed by atoms with Crippen molar-refractivity contribution in [2.24, 2.45) is 0 Å². The zero-order valence-corrected chi connectivity index (χ0v) is 14.6. The predicted octanol–water partition coefficient (Wildman–Crippen LogP) is 6.47. The molecule has 0 aliphatic carbocycles. The van der Waals surface area contributed by atoms with Crippen LogP contribution in [0.15, 0.2) is 35.9 Å². The molecule has 1 rings (SSSR count). The zero-order valence-electron chi connectivity index (χ0n) is 14.6. The first-order valence-corrected chi connectivity index (χ1v) is 9.23. The van der Waals surface area contributed by atoms with Crippen molar-refractivity contribution in [1.29, 1.82) is 0 Å². The van der Waals surface area contributed by atoms with E-state index in [4.69, 9.17) is 0 Å². The van der Waals surface area contributed by atoms with Gasteiger partial charge >= 0.3 is 5.97 Å². The molecule has 1 N–H and O–H groups in total. The molecule has 0 aliphatic heterocycles. The number of hydrogen-bond acceptors (Lipinski definition) is 1. The number of aliphatic carboxylic acids is 1. The van der Waals surface area contributed by atoms with Crippen LogP contribution in [0, 0.1) is 0 Å². The van der Waals surface area contributed by atoms with E-state index < -0.39 is 5.97 Å². The van der Waals surface area contributed by atoms with E-state index in [9.17, 15) is 9.90 Å². The Bertz CT molecular complexity index is 448. The summed E-state index contributed by atoms with van der Waals surface area (Å²) in [5.74, 6) is -0.787. The molecule has 0 saturated carbocycles. The van der Waals surface area contributed by atoms with Crippen molar-refractivity contribution in [2.45, 2.75) is 77.6 Å². The average Bonchev–Trinajstić information content (AvgIpc) is 2.56. The normalized spacial score (nSPS) is 11.6. The second kappa shape index (κ2) is 12.9. The summed E-state index contributed by atoms with van der Waals surface area (Å²) in [6.07, 6.45) is 15.2. The van der Waals surface area contributed by atoms with Gasteiger partial charge in [-0.3, -0.25) is 0 Å². The van der Waals surface area contributed by atoms with Gasteiger partial charge in [0.25, 0.3) is 0 Å². The lowest BCUT2D eigenvalue weighted by atomic mass is 10.0. The summed E-state index contributed by atoms with van der Waals surface area (Å²) in [5, 5.41) is 9.31. The molecular weight excluding hydrogens is 284 g/mol. The minimum atomic E-state index is -0.787. The summed E-state index contributed by atoms with van der Waals surface area (Å²) in [6.45, 7) is 2.25. The molecule has 0 aromatic heterocycles. The van der Waals surface area contributed by atoms with Crippen LogP contribution in [0.5, 0.6) is 0 Å². The largest absolute Gasteiger partial charge is 0.478 e. The smallest absolute Gasteiger partial charge is 0.331 e.